The van der Waals surface area contributed by atoms with E-state index in [0.717, 1.165) is 11.1 Å². The Hall–Kier alpha value is -1.79. The highest BCUT2D eigenvalue weighted by molar-refractivity contribution is 6.61. The van der Waals surface area contributed by atoms with Crippen molar-refractivity contribution in [2.45, 2.75) is 38.9 Å². The average Bonchev–Trinajstić information content (AvgIpc) is 2.68. The minimum Gasteiger partial charge on any atom is -0.398 e. The number of hydrogen-bond acceptors (Lipinski definition) is 4. The first-order valence-corrected chi connectivity index (χ1v) is 7.22. The number of nitrogens with zero attached hydrogens (tertiary/aromatic N) is 2. The van der Waals surface area contributed by atoms with Crippen molar-refractivity contribution in [3.63, 3.8) is 0 Å². The minimum absolute atomic E-state index is 0.410. The summed E-state index contributed by atoms with van der Waals surface area (Å²) in [5, 5.41) is 0. The molecule has 2 aromatic heterocycles. The summed E-state index contributed by atoms with van der Waals surface area (Å²) < 4.78 is 24.9. The van der Waals surface area contributed by atoms with Gasteiger partial charge in [0.05, 0.1) is 16.8 Å². The molecule has 0 atom stereocenters. The van der Waals surface area contributed by atoms with Gasteiger partial charge in [0.15, 0.2) is 0 Å². The molecule has 2 aromatic rings. The maximum atomic E-state index is 12.9. The van der Waals surface area contributed by atoms with Gasteiger partial charge in [0.1, 0.15) is 0 Å². The molecule has 1 aliphatic heterocycles. The first-order valence-electron chi connectivity index (χ1n) is 7.22. The van der Waals surface area contributed by atoms with Gasteiger partial charge in [-0.05, 0) is 57.5 Å². The Kier molecular flexibility index (Phi) is 3.53. The summed E-state index contributed by atoms with van der Waals surface area (Å²) in [7, 11) is -0.515. The van der Waals surface area contributed by atoms with Crippen molar-refractivity contribution < 1.29 is 13.7 Å². The Morgan fingerprint density at radius 3 is 2.23 bits per heavy atom. The van der Waals surface area contributed by atoms with Crippen LogP contribution in [0.5, 0.6) is 0 Å². The summed E-state index contributed by atoms with van der Waals surface area (Å²) in [5.41, 5.74) is 1.59. The standard InChI is InChI=1S/C16H18BFN2O2/c1-15(2)16(3,4)22-17(21-15)13-9-11(7-8-19-13)12-5-6-14(18)20-10-12/h5-10H,1-4H3. The van der Waals surface area contributed by atoms with Gasteiger partial charge in [-0.1, -0.05) is 0 Å². The normalized spacial score (nSPS) is 19.4. The second kappa shape index (κ2) is 5.14. The van der Waals surface area contributed by atoms with E-state index < -0.39 is 24.3 Å². The van der Waals surface area contributed by atoms with Crippen LogP contribution in [-0.4, -0.2) is 28.3 Å². The Bertz CT molecular complexity index is 673. The predicted molar refractivity (Wildman–Crippen MR) is 83.1 cm³/mol. The van der Waals surface area contributed by atoms with Gasteiger partial charge < -0.3 is 9.31 Å². The maximum absolute atomic E-state index is 12.9. The Balaban J connectivity index is 1.91. The van der Waals surface area contributed by atoms with Crippen molar-refractivity contribution in [2.75, 3.05) is 0 Å². The smallest absolute Gasteiger partial charge is 0.398 e. The summed E-state index contributed by atoms with van der Waals surface area (Å²) in [6.45, 7) is 8.00. The second-order valence-electron chi connectivity index (χ2n) is 6.43. The van der Waals surface area contributed by atoms with E-state index in [1.165, 1.54) is 12.3 Å². The fourth-order valence-electron chi connectivity index (χ4n) is 2.27. The quantitative estimate of drug-likeness (QED) is 0.631. The van der Waals surface area contributed by atoms with Gasteiger partial charge in [0.25, 0.3) is 0 Å². The fourth-order valence-corrected chi connectivity index (χ4v) is 2.27. The van der Waals surface area contributed by atoms with Crippen molar-refractivity contribution in [3.8, 4) is 11.1 Å². The molecule has 0 amide bonds. The molecule has 0 aromatic carbocycles. The van der Waals surface area contributed by atoms with Crippen LogP contribution in [0.3, 0.4) is 0 Å². The topological polar surface area (TPSA) is 44.2 Å². The zero-order chi connectivity index (χ0) is 16.0. The third-order valence-corrected chi connectivity index (χ3v) is 4.34. The van der Waals surface area contributed by atoms with E-state index >= 15 is 0 Å². The Morgan fingerprint density at radius 1 is 0.955 bits per heavy atom. The molecule has 0 saturated carbocycles. The maximum Gasteiger partial charge on any atom is 0.514 e. The predicted octanol–water partition coefficient (Wildman–Crippen LogP) is 2.58. The van der Waals surface area contributed by atoms with Crippen LogP contribution in [-0.2, 0) is 9.31 Å². The first kappa shape index (κ1) is 15.1. The molecule has 0 radical (unpaired) electrons. The monoisotopic (exact) mass is 300 g/mol. The molecular formula is C16H18BFN2O2. The highest BCUT2D eigenvalue weighted by Crippen LogP contribution is 2.36. The zero-order valence-electron chi connectivity index (χ0n) is 13.1. The lowest BCUT2D eigenvalue weighted by molar-refractivity contribution is 0.00578. The molecule has 0 aliphatic carbocycles. The van der Waals surface area contributed by atoms with E-state index in [2.05, 4.69) is 9.97 Å². The van der Waals surface area contributed by atoms with Crippen molar-refractivity contribution in [3.05, 3.63) is 42.6 Å². The summed E-state index contributed by atoms with van der Waals surface area (Å²) in [6, 6.07) is 6.76. The fraction of sp³-hybridized carbons (Fsp3) is 0.375. The summed E-state index contributed by atoms with van der Waals surface area (Å²) in [5.74, 6) is -0.496. The van der Waals surface area contributed by atoms with E-state index in [1.807, 2.05) is 39.8 Å². The highest BCUT2D eigenvalue weighted by Gasteiger charge is 2.52. The Labute approximate surface area is 129 Å². The average molecular weight is 300 g/mol. The van der Waals surface area contributed by atoms with Crippen molar-refractivity contribution in [1.82, 2.24) is 9.97 Å². The van der Waals surface area contributed by atoms with E-state index in [1.54, 1.807) is 12.3 Å². The molecule has 6 heteroatoms. The van der Waals surface area contributed by atoms with Gasteiger partial charge in [0, 0.05) is 18.0 Å². The molecule has 114 valence electrons. The molecule has 0 bridgehead atoms. The molecule has 1 aliphatic rings. The number of pyridine rings is 2. The molecule has 1 saturated heterocycles. The molecule has 4 nitrogen and oxygen atoms in total. The van der Waals surface area contributed by atoms with E-state index in [4.69, 9.17) is 9.31 Å². The van der Waals surface area contributed by atoms with Gasteiger partial charge in [-0.15, -0.1) is 0 Å². The van der Waals surface area contributed by atoms with Crippen molar-refractivity contribution in [2.24, 2.45) is 0 Å². The molecule has 22 heavy (non-hydrogen) atoms. The lowest BCUT2D eigenvalue weighted by Gasteiger charge is -2.32. The van der Waals surface area contributed by atoms with Gasteiger partial charge >= 0.3 is 7.12 Å². The van der Waals surface area contributed by atoms with Gasteiger partial charge in [0.2, 0.25) is 5.95 Å². The molecular weight excluding hydrogens is 282 g/mol. The van der Waals surface area contributed by atoms with Crippen LogP contribution in [0.1, 0.15) is 27.7 Å². The number of hydrogen-bond donors (Lipinski definition) is 0. The van der Waals surface area contributed by atoms with Gasteiger partial charge in [-0.2, -0.15) is 4.39 Å². The second-order valence-corrected chi connectivity index (χ2v) is 6.43. The molecule has 0 spiro atoms. The molecule has 0 unspecified atom stereocenters. The summed E-state index contributed by atoms with van der Waals surface area (Å²) in [4.78, 5) is 8.03. The summed E-state index contributed by atoms with van der Waals surface area (Å²) in [6.07, 6.45) is 3.19. The zero-order valence-corrected chi connectivity index (χ0v) is 13.1. The third-order valence-electron chi connectivity index (χ3n) is 4.34. The molecule has 0 N–H and O–H groups in total. The molecule has 3 rings (SSSR count). The van der Waals surface area contributed by atoms with Crippen LogP contribution >= 0.6 is 0 Å². The van der Waals surface area contributed by atoms with Crippen LogP contribution in [0, 0.1) is 5.95 Å². The van der Waals surface area contributed by atoms with Crippen LogP contribution in [0.25, 0.3) is 11.1 Å². The van der Waals surface area contributed by atoms with Crippen LogP contribution in [0.4, 0.5) is 4.39 Å². The van der Waals surface area contributed by atoms with E-state index in [9.17, 15) is 4.39 Å². The van der Waals surface area contributed by atoms with E-state index in [0.29, 0.717) is 5.59 Å². The SMILES string of the molecule is CC1(C)OB(c2cc(-c3ccc(F)nc3)ccn2)OC1(C)C. The number of halogens is 1. The van der Waals surface area contributed by atoms with Gasteiger partial charge in [-0.25, -0.2) is 4.98 Å². The largest absolute Gasteiger partial charge is 0.514 e. The third kappa shape index (κ3) is 2.64. The highest BCUT2D eigenvalue weighted by atomic mass is 19.1. The van der Waals surface area contributed by atoms with E-state index in [-0.39, 0.29) is 0 Å². The number of rotatable bonds is 2. The van der Waals surface area contributed by atoms with Crippen molar-refractivity contribution in [1.29, 1.82) is 0 Å². The van der Waals surface area contributed by atoms with Crippen LogP contribution < -0.4 is 5.59 Å². The molecule has 3 heterocycles. The van der Waals surface area contributed by atoms with Crippen LogP contribution in [0.15, 0.2) is 36.7 Å². The lowest BCUT2D eigenvalue weighted by atomic mass is 9.83. The van der Waals surface area contributed by atoms with Gasteiger partial charge in [-0.3, -0.25) is 4.98 Å². The van der Waals surface area contributed by atoms with Crippen LogP contribution in [0.2, 0.25) is 0 Å². The minimum atomic E-state index is -0.515. The Morgan fingerprint density at radius 2 is 1.64 bits per heavy atom. The summed E-state index contributed by atoms with van der Waals surface area (Å²) >= 11 is 0. The van der Waals surface area contributed by atoms with Crippen molar-refractivity contribution >= 4 is 12.7 Å². The lowest BCUT2D eigenvalue weighted by Crippen LogP contribution is -2.41. The number of aromatic nitrogens is 2. The first-order chi connectivity index (χ1) is 10.3. The molecule has 1 fully saturated rings.